The first-order valence-corrected chi connectivity index (χ1v) is 10.0. The molecule has 0 bridgehead atoms. The smallest absolute Gasteiger partial charge is 0.175 e. The molecule has 0 saturated carbocycles. The molecule has 0 saturated heterocycles. The summed E-state index contributed by atoms with van der Waals surface area (Å²) in [5.41, 5.74) is 2.42. The van der Waals surface area contributed by atoms with E-state index in [1.807, 2.05) is 6.92 Å². The average molecular weight is 369 g/mol. The van der Waals surface area contributed by atoms with Crippen molar-refractivity contribution in [1.29, 1.82) is 5.26 Å². The van der Waals surface area contributed by atoms with Crippen LogP contribution in [0.1, 0.15) is 18.9 Å². The van der Waals surface area contributed by atoms with E-state index in [0.29, 0.717) is 6.42 Å². The predicted octanol–water partition coefficient (Wildman–Crippen LogP) is 2.94. The number of nitrogens with zero attached hydrogens (tertiary/aromatic N) is 3. The molecule has 134 valence electrons. The van der Waals surface area contributed by atoms with E-state index in [1.54, 1.807) is 53.5 Å². The van der Waals surface area contributed by atoms with Gasteiger partial charge in [0.15, 0.2) is 9.84 Å². The van der Waals surface area contributed by atoms with Crippen LogP contribution in [-0.4, -0.2) is 31.5 Å². The Balaban J connectivity index is 1.99. The Labute approximate surface area is 152 Å². The van der Waals surface area contributed by atoms with Gasteiger partial charge in [0, 0.05) is 12.2 Å². The summed E-state index contributed by atoms with van der Waals surface area (Å²) in [6, 6.07) is 15.4. The number of nitriles is 1. The van der Waals surface area contributed by atoms with E-state index >= 15 is 0 Å². The minimum absolute atomic E-state index is 0.00691. The molecule has 0 radical (unpaired) electrons. The zero-order chi connectivity index (χ0) is 18.9. The molecule has 2 aromatic rings. The van der Waals surface area contributed by atoms with Gasteiger partial charge < -0.3 is 5.11 Å². The van der Waals surface area contributed by atoms with Crippen LogP contribution in [0.2, 0.25) is 0 Å². The van der Waals surface area contributed by atoms with Crippen molar-refractivity contribution in [3.05, 3.63) is 54.1 Å². The van der Waals surface area contributed by atoms with Crippen LogP contribution in [0.4, 0.5) is 5.69 Å². The molecular weight excluding hydrogens is 350 g/mol. The lowest BCUT2D eigenvalue weighted by molar-refractivity contribution is 0.475. The molecule has 1 heterocycles. The second-order valence-electron chi connectivity index (χ2n) is 6.36. The molecule has 3 rings (SSSR count). The van der Waals surface area contributed by atoms with E-state index in [2.05, 4.69) is 6.07 Å². The van der Waals surface area contributed by atoms with Crippen LogP contribution in [0, 0.1) is 17.2 Å². The van der Waals surface area contributed by atoms with Gasteiger partial charge in [0.05, 0.1) is 34.8 Å². The molecule has 7 heteroatoms. The maximum Gasteiger partial charge on any atom is 0.175 e. The maximum atomic E-state index is 11.6. The highest BCUT2D eigenvalue weighted by molar-refractivity contribution is 7.90. The topological polar surface area (TPSA) is 93.8 Å². The molecule has 2 atom stereocenters. The highest BCUT2D eigenvalue weighted by atomic mass is 32.2. The molecule has 26 heavy (non-hydrogen) atoms. The predicted molar refractivity (Wildman–Crippen MR) is 99.9 cm³/mol. The summed E-state index contributed by atoms with van der Waals surface area (Å²) >= 11 is 0. The molecule has 0 fully saturated rings. The highest BCUT2D eigenvalue weighted by Crippen LogP contribution is 2.33. The van der Waals surface area contributed by atoms with Gasteiger partial charge in [0.2, 0.25) is 0 Å². The number of rotatable bonds is 4. The third kappa shape index (κ3) is 3.41. The molecule has 1 aliphatic rings. The monoisotopic (exact) mass is 369 g/mol. The number of phenols is 1. The van der Waals surface area contributed by atoms with E-state index < -0.39 is 9.84 Å². The lowest BCUT2D eigenvalue weighted by atomic mass is 9.91. The van der Waals surface area contributed by atoms with Crippen molar-refractivity contribution in [2.75, 3.05) is 11.3 Å². The summed E-state index contributed by atoms with van der Waals surface area (Å²) in [7, 11) is -3.25. The van der Waals surface area contributed by atoms with E-state index in [0.717, 1.165) is 17.0 Å². The molecule has 0 aliphatic carbocycles. The van der Waals surface area contributed by atoms with Gasteiger partial charge in [-0.3, -0.25) is 5.01 Å². The minimum Gasteiger partial charge on any atom is -0.508 e. The quantitative estimate of drug-likeness (QED) is 0.894. The summed E-state index contributed by atoms with van der Waals surface area (Å²) in [4.78, 5) is 0.261. The third-order valence-corrected chi connectivity index (χ3v) is 5.66. The summed E-state index contributed by atoms with van der Waals surface area (Å²) in [5.74, 6) is 0.158. The molecule has 2 aromatic carbocycles. The zero-order valence-electron chi connectivity index (χ0n) is 14.5. The molecule has 0 amide bonds. The van der Waals surface area contributed by atoms with Crippen LogP contribution >= 0.6 is 0 Å². The van der Waals surface area contributed by atoms with Crippen molar-refractivity contribution in [3.63, 3.8) is 0 Å². The number of sulfone groups is 1. The molecular formula is C19H19N3O3S. The van der Waals surface area contributed by atoms with Crippen molar-refractivity contribution >= 4 is 21.2 Å². The first-order valence-electron chi connectivity index (χ1n) is 8.15. The first-order chi connectivity index (χ1) is 12.3. The minimum atomic E-state index is -3.25. The van der Waals surface area contributed by atoms with Crippen LogP contribution in [0.25, 0.3) is 0 Å². The molecule has 6 nitrogen and oxygen atoms in total. The normalized spacial score (nSPS) is 19.9. The van der Waals surface area contributed by atoms with Gasteiger partial charge in [-0.15, -0.1) is 0 Å². The summed E-state index contributed by atoms with van der Waals surface area (Å²) in [6.45, 7) is 2.01. The Morgan fingerprint density at radius 3 is 2.31 bits per heavy atom. The van der Waals surface area contributed by atoms with Crippen LogP contribution < -0.4 is 5.01 Å². The van der Waals surface area contributed by atoms with E-state index in [9.17, 15) is 18.8 Å². The van der Waals surface area contributed by atoms with Gasteiger partial charge in [-0.05, 0) is 42.0 Å². The second kappa shape index (κ2) is 6.81. The SMILES string of the molecule is C[C@@H]1C(c2ccc(S(C)(=O)=O)cc2)=NN(c2ccc(O)cc2)[C@H]1CC#N. The van der Waals surface area contributed by atoms with Crippen molar-refractivity contribution in [3.8, 4) is 11.8 Å². The Kier molecular flexibility index (Phi) is 4.70. The average Bonchev–Trinajstić information content (AvgIpc) is 2.92. The molecule has 1 aliphatic heterocycles. The van der Waals surface area contributed by atoms with Gasteiger partial charge in [-0.25, -0.2) is 8.42 Å². The molecule has 0 spiro atoms. The second-order valence-corrected chi connectivity index (χ2v) is 8.38. The highest BCUT2D eigenvalue weighted by Gasteiger charge is 2.35. The van der Waals surface area contributed by atoms with Crippen molar-refractivity contribution in [2.45, 2.75) is 24.3 Å². The molecule has 1 N–H and O–H groups in total. The summed E-state index contributed by atoms with van der Waals surface area (Å²) < 4.78 is 23.3. The fourth-order valence-electron chi connectivity index (χ4n) is 3.08. The number of benzene rings is 2. The Morgan fingerprint density at radius 2 is 1.77 bits per heavy atom. The zero-order valence-corrected chi connectivity index (χ0v) is 15.3. The van der Waals surface area contributed by atoms with E-state index in [4.69, 9.17) is 5.10 Å². The number of anilines is 1. The van der Waals surface area contributed by atoms with Crippen LogP contribution in [0.3, 0.4) is 0 Å². The Bertz CT molecular complexity index is 974. The fourth-order valence-corrected chi connectivity index (χ4v) is 3.71. The first kappa shape index (κ1) is 18.0. The van der Waals surface area contributed by atoms with Crippen LogP contribution in [-0.2, 0) is 9.84 Å². The van der Waals surface area contributed by atoms with Gasteiger partial charge in [0.25, 0.3) is 0 Å². The molecule has 0 unspecified atom stereocenters. The largest absolute Gasteiger partial charge is 0.508 e. The number of hydrazone groups is 1. The third-order valence-electron chi connectivity index (χ3n) is 4.53. The Hall–Kier alpha value is -2.85. The van der Waals surface area contributed by atoms with Crippen molar-refractivity contribution in [1.82, 2.24) is 0 Å². The number of hydrogen-bond donors (Lipinski definition) is 1. The standard InChI is InChI=1S/C19H19N3O3S/c1-13-18(11-12-20)22(15-5-7-16(23)8-6-15)21-19(13)14-3-9-17(10-4-14)26(2,24)25/h3-10,13,18,23H,11H2,1-2H3/t13-,18-/m0/s1. The number of aromatic hydroxyl groups is 1. The maximum absolute atomic E-state index is 11.6. The Morgan fingerprint density at radius 1 is 1.15 bits per heavy atom. The van der Waals surface area contributed by atoms with Crippen molar-refractivity contribution in [2.24, 2.45) is 11.0 Å². The van der Waals surface area contributed by atoms with E-state index in [-0.39, 0.29) is 22.6 Å². The van der Waals surface area contributed by atoms with Gasteiger partial charge in [-0.1, -0.05) is 19.1 Å². The lowest BCUT2D eigenvalue weighted by Gasteiger charge is -2.24. The van der Waals surface area contributed by atoms with E-state index in [1.165, 1.54) is 6.26 Å². The fraction of sp³-hybridized carbons (Fsp3) is 0.263. The lowest BCUT2D eigenvalue weighted by Crippen LogP contribution is -2.31. The van der Waals surface area contributed by atoms with Gasteiger partial charge in [0.1, 0.15) is 5.75 Å². The summed E-state index contributed by atoms with van der Waals surface area (Å²) in [6.07, 6.45) is 1.48. The van der Waals surface area contributed by atoms with Crippen LogP contribution in [0.15, 0.2) is 58.5 Å². The summed E-state index contributed by atoms with van der Waals surface area (Å²) in [5, 5.41) is 25.2. The van der Waals surface area contributed by atoms with Crippen LogP contribution in [0.5, 0.6) is 5.75 Å². The number of phenolic OH excluding ortho intramolecular Hbond substituents is 1. The molecule has 0 aromatic heterocycles. The van der Waals surface area contributed by atoms with Crippen molar-refractivity contribution < 1.29 is 13.5 Å². The number of hydrogen-bond acceptors (Lipinski definition) is 6. The van der Waals surface area contributed by atoms with Gasteiger partial charge >= 0.3 is 0 Å². The van der Waals surface area contributed by atoms with Gasteiger partial charge in [-0.2, -0.15) is 10.4 Å².